The number of nitrogens with zero attached hydrogens (tertiary/aromatic N) is 4. The number of piperidine rings is 1. The van der Waals surface area contributed by atoms with Crippen molar-refractivity contribution >= 4 is 5.91 Å². The highest BCUT2D eigenvalue weighted by Crippen LogP contribution is 2.27. The van der Waals surface area contributed by atoms with Crippen LogP contribution in [0.15, 0.2) is 12.4 Å². The van der Waals surface area contributed by atoms with Crippen LogP contribution in [0.5, 0.6) is 0 Å². The Kier molecular flexibility index (Phi) is 5.33. The minimum absolute atomic E-state index is 0.161. The zero-order valence-electron chi connectivity index (χ0n) is 14.3. The zero-order chi connectivity index (χ0) is 16.2. The predicted octanol–water partition coefficient (Wildman–Crippen LogP) is 1.33. The number of morpholine rings is 1. The molecule has 3 heterocycles. The standard InChI is InChI=1S/C17H28N4O2/c1-3-21-12-16(10-18-21)15-4-6-19(7-5-15)13-17(22)20-8-9-23-14(2)11-20/h10,12,14-15H,3-9,11,13H2,1-2H3/t14-/m0/s1. The van der Waals surface area contributed by atoms with Gasteiger partial charge in [-0.3, -0.25) is 14.4 Å². The highest BCUT2D eigenvalue weighted by molar-refractivity contribution is 5.78. The summed E-state index contributed by atoms with van der Waals surface area (Å²) in [6.45, 7) is 9.72. The van der Waals surface area contributed by atoms with Crippen LogP contribution in [0, 0.1) is 0 Å². The van der Waals surface area contributed by atoms with Crippen LogP contribution in [-0.4, -0.2) is 70.9 Å². The molecule has 3 rings (SSSR count). The second kappa shape index (κ2) is 7.45. The molecular weight excluding hydrogens is 292 g/mol. The van der Waals surface area contributed by atoms with Crippen molar-refractivity contribution in [2.75, 3.05) is 39.3 Å². The summed E-state index contributed by atoms with van der Waals surface area (Å²) < 4.78 is 7.50. The summed E-state index contributed by atoms with van der Waals surface area (Å²) in [5, 5.41) is 4.38. The van der Waals surface area contributed by atoms with Gasteiger partial charge in [-0.2, -0.15) is 5.10 Å². The van der Waals surface area contributed by atoms with E-state index in [1.807, 2.05) is 22.7 Å². The molecule has 0 saturated carbocycles. The number of hydrogen-bond acceptors (Lipinski definition) is 4. The van der Waals surface area contributed by atoms with E-state index in [4.69, 9.17) is 4.74 Å². The van der Waals surface area contributed by atoms with Gasteiger partial charge in [-0.1, -0.05) is 0 Å². The molecule has 1 aromatic heterocycles. The summed E-state index contributed by atoms with van der Waals surface area (Å²) in [4.78, 5) is 16.7. The lowest BCUT2D eigenvalue weighted by Gasteiger charge is -2.35. The maximum absolute atomic E-state index is 12.4. The molecule has 0 aliphatic carbocycles. The zero-order valence-corrected chi connectivity index (χ0v) is 14.3. The van der Waals surface area contributed by atoms with E-state index >= 15 is 0 Å². The van der Waals surface area contributed by atoms with Gasteiger partial charge in [-0.15, -0.1) is 0 Å². The van der Waals surface area contributed by atoms with Gasteiger partial charge in [0.15, 0.2) is 0 Å². The molecule has 2 aliphatic heterocycles. The first-order valence-corrected chi connectivity index (χ1v) is 8.79. The van der Waals surface area contributed by atoms with Crippen molar-refractivity contribution in [3.63, 3.8) is 0 Å². The lowest BCUT2D eigenvalue weighted by molar-refractivity contribution is -0.139. The Balaban J connectivity index is 1.46. The number of ether oxygens (including phenoxy) is 1. The number of hydrogen-bond donors (Lipinski definition) is 0. The Hall–Kier alpha value is -1.40. The number of carbonyl (C=O) groups is 1. The monoisotopic (exact) mass is 320 g/mol. The van der Waals surface area contributed by atoms with Gasteiger partial charge >= 0.3 is 0 Å². The van der Waals surface area contributed by atoms with Crippen LogP contribution < -0.4 is 0 Å². The number of rotatable bonds is 4. The summed E-state index contributed by atoms with van der Waals surface area (Å²) >= 11 is 0. The normalized spacial score (nSPS) is 24.1. The summed E-state index contributed by atoms with van der Waals surface area (Å²) in [7, 11) is 0. The molecule has 0 radical (unpaired) electrons. The number of aryl methyl sites for hydroxylation is 1. The molecule has 1 atom stereocenters. The lowest BCUT2D eigenvalue weighted by Crippen LogP contribution is -2.49. The molecule has 6 nitrogen and oxygen atoms in total. The van der Waals surface area contributed by atoms with Crippen LogP contribution in [0.2, 0.25) is 0 Å². The molecule has 1 amide bonds. The highest BCUT2D eigenvalue weighted by atomic mass is 16.5. The molecule has 2 aliphatic rings. The molecule has 2 fully saturated rings. The smallest absolute Gasteiger partial charge is 0.236 e. The largest absolute Gasteiger partial charge is 0.375 e. The molecule has 6 heteroatoms. The Morgan fingerprint density at radius 1 is 1.35 bits per heavy atom. The Labute approximate surface area is 138 Å². The molecule has 0 aromatic carbocycles. The average molecular weight is 320 g/mol. The van der Waals surface area contributed by atoms with Crippen molar-refractivity contribution in [2.45, 2.75) is 45.3 Å². The molecule has 0 unspecified atom stereocenters. The molecule has 0 bridgehead atoms. The summed E-state index contributed by atoms with van der Waals surface area (Å²) in [6, 6.07) is 0. The molecule has 0 spiro atoms. The van der Waals surface area contributed by atoms with Gasteiger partial charge in [-0.05, 0) is 51.3 Å². The molecule has 2 saturated heterocycles. The third-order valence-corrected chi connectivity index (χ3v) is 4.99. The van der Waals surface area contributed by atoms with E-state index < -0.39 is 0 Å². The van der Waals surface area contributed by atoms with Gasteiger partial charge in [-0.25, -0.2) is 0 Å². The first kappa shape index (κ1) is 16.5. The van der Waals surface area contributed by atoms with Crippen LogP contribution in [0.4, 0.5) is 0 Å². The number of aromatic nitrogens is 2. The minimum atomic E-state index is 0.161. The Morgan fingerprint density at radius 2 is 2.13 bits per heavy atom. The van der Waals surface area contributed by atoms with Gasteiger partial charge < -0.3 is 9.64 Å². The van der Waals surface area contributed by atoms with E-state index in [9.17, 15) is 4.79 Å². The molecule has 0 N–H and O–H groups in total. The Morgan fingerprint density at radius 3 is 2.78 bits per heavy atom. The molecule has 23 heavy (non-hydrogen) atoms. The molecule has 128 valence electrons. The van der Waals surface area contributed by atoms with Crippen molar-refractivity contribution in [1.29, 1.82) is 0 Å². The Bertz CT molecular complexity index is 522. The van der Waals surface area contributed by atoms with Crippen LogP contribution in [-0.2, 0) is 16.1 Å². The quantitative estimate of drug-likeness (QED) is 0.840. The van der Waals surface area contributed by atoms with Gasteiger partial charge in [0.2, 0.25) is 5.91 Å². The first-order chi connectivity index (χ1) is 11.2. The van der Waals surface area contributed by atoms with E-state index in [0.717, 1.165) is 45.6 Å². The van der Waals surface area contributed by atoms with Crippen LogP contribution in [0.3, 0.4) is 0 Å². The molecule has 1 aromatic rings. The van der Waals surface area contributed by atoms with Crippen molar-refractivity contribution in [3.05, 3.63) is 18.0 Å². The second-order valence-corrected chi connectivity index (χ2v) is 6.70. The minimum Gasteiger partial charge on any atom is -0.375 e. The van der Waals surface area contributed by atoms with E-state index in [0.29, 0.717) is 19.1 Å². The number of likely N-dealkylation sites (tertiary alicyclic amines) is 1. The van der Waals surface area contributed by atoms with Gasteiger partial charge in [0.05, 0.1) is 25.5 Å². The fourth-order valence-corrected chi connectivity index (χ4v) is 3.52. The average Bonchev–Trinajstić information content (AvgIpc) is 3.04. The SMILES string of the molecule is CCn1cc(C2CCN(CC(=O)N3CCO[C@@H](C)C3)CC2)cn1. The summed E-state index contributed by atoms with van der Waals surface area (Å²) in [5.41, 5.74) is 1.35. The molecular formula is C17H28N4O2. The summed E-state index contributed by atoms with van der Waals surface area (Å²) in [6.07, 6.45) is 6.56. The van der Waals surface area contributed by atoms with Crippen LogP contribution in [0.1, 0.15) is 38.2 Å². The van der Waals surface area contributed by atoms with E-state index in [1.54, 1.807) is 0 Å². The van der Waals surface area contributed by atoms with E-state index in [2.05, 4.69) is 23.1 Å². The van der Waals surface area contributed by atoms with E-state index in [-0.39, 0.29) is 12.0 Å². The topological polar surface area (TPSA) is 50.6 Å². The van der Waals surface area contributed by atoms with Gasteiger partial charge in [0.1, 0.15) is 0 Å². The van der Waals surface area contributed by atoms with Gasteiger partial charge in [0.25, 0.3) is 0 Å². The number of carbonyl (C=O) groups excluding carboxylic acids is 1. The fraction of sp³-hybridized carbons (Fsp3) is 0.765. The van der Waals surface area contributed by atoms with Crippen molar-refractivity contribution in [1.82, 2.24) is 19.6 Å². The lowest BCUT2D eigenvalue weighted by atomic mass is 9.91. The summed E-state index contributed by atoms with van der Waals surface area (Å²) in [5.74, 6) is 0.836. The van der Waals surface area contributed by atoms with Crippen LogP contribution >= 0.6 is 0 Å². The first-order valence-electron chi connectivity index (χ1n) is 8.79. The van der Waals surface area contributed by atoms with Crippen molar-refractivity contribution in [3.8, 4) is 0 Å². The van der Waals surface area contributed by atoms with Crippen molar-refractivity contribution < 1.29 is 9.53 Å². The van der Waals surface area contributed by atoms with Crippen molar-refractivity contribution in [2.24, 2.45) is 0 Å². The maximum Gasteiger partial charge on any atom is 0.236 e. The predicted molar refractivity (Wildman–Crippen MR) is 88.3 cm³/mol. The van der Waals surface area contributed by atoms with Gasteiger partial charge in [0, 0.05) is 25.8 Å². The maximum atomic E-state index is 12.4. The second-order valence-electron chi connectivity index (χ2n) is 6.70. The fourth-order valence-electron chi connectivity index (χ4n) is 3.52. The third-order valence-electron chi connectivity index (χ3n) is 4.99. The van der Waals surface area contributed by atoms with Crippen LogP contribution in [0.25, 0.3) is 0 Å². The number of amides is 1. The highest BCUT2D eigenvalue weighted by Gasteiger charge is 2.26. The third kappa shape index (κ3) is 4.12. The van der Waals surface area contributed by atoms with E-state index in [1.165, 1.54) is 5.56 Å².